The van der Waals surface area contributed by atoms with Gasteiger partial charge in [0.15, 0.2) is 5.78 Å². The summed E-state index contributed by atoms with van der Waals surface area (Å²) in [5, 5.41) is 9.86. The molecule has 0 bridgehead atoms. The molecule has 0 radical (unpaired) electrons. The van der Waals surface area contributed by atoms with Gasteiger partial charge in [-0.1, -0.05) is 6.08 Å². The zero-order chi connectivity index (χ0) is 9.97. The van der Waals surface area contributed by atoms with Gasteiger partial charge in [0.25, 0.3) is 0 Å². The van der Waals surface area contributed by atoms with Gasteiger partial charge >= 0.3 is 0 Å². The van der Waals surface area contributed by atoms with Crippen molar-refractivity contribution in [1.82, 2.24) is 0 Å². The molecular formula is C11H12O3. The van der Waals surface area contributed by atoms with Crippen LogP contribution in [0, 0.1) is 5.92 Å². The molecule has 0 spiro atoms. The lowest BCUT2D eigenvalue weighted by Gasteiger charge is -2.19. The molecule has 3 nitrogen and oxygen atoms in total. The number of aliphatic hydroxyl groups excluding tert-OH is 1. The lowest BCUT2D eigenvalue weighted by atomic mass is 9.89. The van der Waals surface area contributed by atoms with Gasteiger partial charge in [-0.2, -0.15) is 0 Å². The molecule has 1 N–H and O–H groups in total. The highest BCUT2D eigenvalue weighted by molar-refractivity contribution is 5.90. The zero-order valence-electron chi connectivity index (χ0n) is 7.72. The molecular weight excluding hydrogens is 180 g/mol. The predicted molar refractivity (Wildman–Crippen MR) is 50.5 cm³/mol. The second kappa shape index (κ2) is 3.80. The van der Waals surface area contributed by atoms with E-state index in [1.165, 1.54) is 6.26 Å². The van der Waals surface area contributed by atoms with Crippen LogP contribution in [0.15, 0.2) is 35.0 Å². The molecule has 1 aromatic heterocycles. The minimum Gasteiger partial charge on any atom is -0.467 e. The summed E-state index contributed by atoms with van der Waals surface area (Å²) in [6.45, 7) is 0. The molecule has 1 aliphatic carbocycles. The van der Waals surface area contributed by atoms with Crippen molar-refractivity contribution in [1.29, 1.82) is 0 Å². The molecule has 0 aromatic carbocycles. The highest BCUT2D eigenvalue weighted by Gasteiger charge is 2.23. The van der Waals surface area contributed by atoms with Crippen LogP contribution in [0.5, 0.6) is 0 Å². The number of hydrogen-bond donors (Lipinski definition) is 1. The van der Waals surface area contributed by atoms with E-state index in [-0.39, 0.29) is 11.7 Å². The Morgan fingerprint density at radius 1 is 1.57 bits per heavy atom. The normalized spacial score (nSPS) is 23.8. The van der Waals surface area contributed by atoms with Crippen LogP contribution in [-0.4, -0.2) is 10.9 Å². The maximum absolute atomic E-state index is 10.9. The lowest BCUT2D eigenvalue weighted by molar-refractivity contribution is -0.115. The summed E-state index contributed by atoms with van der Waals surface area (Å²) in [6, 6.07) is 3.49. The SMILES string of the molecule is O=C1C=C[C@H]([C@@H](O)c2ccco2)CC1. The first-order valence-electron chi connectivity index (χ1n) is 4.70. The Hall–Kier alpha value is -1.35. The van der Waals surface area contributed by atoms with Gasteiger partial charge in [0.1, 0.15) is 11.9 Å². The van der Waals surface area contributed by atoms with E-state index in [9.17, 15) is 9.90 Å². The average Bonchev–Trinajstić information content (AvgIpc) is 2.71. The fraction of sp³-hybridized carbons (Fsp3) is 0.364. The molecule has 0 amide bonds. The first-order valence-corrected chi connectivity index (χ1v) is 4.70. The van der Waals surface area contributed by atoms with Crippen LogP contribution in [0.2, 0.25) is 0 Å². The molecule has 0 saturated carbocycles. The third-order valence-corrected chi connectivity index (χ3v) is 2.49. The van der Waals surface area contributed by atoms with E-state index in [0.717, 1.165) is 0 Å². The van der Waals surface area contributed by atoms with Crippen LogP contribution in [0.4, 0.5) is 0 Å². The van der Waals surface area contributed by atoms with E-state index in [0.29, 0.717) is 18.6 Å². The highest BCUT2D eigenvalue weighted by Crippen LogP contribution is 2.29. The Morgan fingerprint density at radius 2 is 2.43 bits per heavy atom. The van der Waals surface area contributed by atoms with Crippen LogP contribution >= 0.6 is 0 Å². The van der Waals surface area contributed by atoms with Crippen molar-refractivity contribution in [3.63, 3.8) is 0 Å². The van der Waals surface area contributed by atoms with E-state index in [1.54, 1.807) is 24.3 Å². The summed E-state index contributed by atoms with van der Waals surface area (Å²) in [5.41, 5.74) is 0. The van der Waals surface area contributed by atoms with Crippen molar-refractivity contribution >= 4 is 5.78 Å². The quantitative estimate of drug-likeness (QED) is 0.777. The molecule has 0 saturated heterocycles. The summed E-state index contributed by atoms with van der Waals surface area (Å²) in [4.78, 5) is 10.9. The number of aliphatic hydroxyl groups is 1. The van der Waals surface area contributed by atoms with Crippen LogP contribution < -0.4 is 0 Å². The minimum atomic E-state index is -0.630. The Morgan fingerprint density at radius 3 is 3.00 bits per heavy atom. The molecule has 0 unspecified atom stereocenters. The van der Waals surface area contributed by atoms with Crippen LogP contribution in [0.1, 0.15) is 24.7 Å². The molecule has 1 heterocycles. The molecule has 1 aromatic rings. The van der Waals surface area contributed by atoms with E-state index < -0.39 is 6.10 Å². The van der Waals surface area contributed by atoms with Crippen molar-refractivity contribution in [2.75, 3.05) is 0 Å². The summed E-state index contributed by atoms with van der Waals surface area (Å²) >= 11 is 0. The second-order valence-corrected chi connectivity index (χ2v) is 3.49. The molecule has 1 aliphatic rings. The summed E-state index contributed by atoms with van der Waals surface area (Å²) in [6.07, 6.45) is 5.42. The molecule has 3 heteroatoms. The van der Waals surface area contributed by atoms with Crippen LogP contribution in [0.3, 0.4) is 0 Å². The molecule has 0 fully saturated rings. The number of hydrogen-bond acceptors (Lipinski definition) is 3. The Kier molecular flexibility index (Phi) is 2.50. The van der Waals surface area contributed by atoms with Crippen molar-refractivity contribution in [2.24, 2.45) is 5.92 Å². The Balaban J connectivity index is 2.09. The van der Waals surface area contributed by atoms with Crippen molar-refractivity contribution < 1.29 is 14.3 Å². The summed E-state index contributed by atoms with van der Waals surface area (Å²) in [5.74, 6) is 0.695. The van der Waals surface area contributed by atoms with E-state index in [4.69, 9.17) is 4.42 Å². The summed E-state index contributed by atoms with van der Waals surface area (Å²) < 4.78 is 5.11. The van der Waals surface area contributed by atoms with Gasteiger partial charge < -0.3 is 9.52 Å². The van der Waals surface area contributed by atoms with Crippen molar-refractivity contribution in [3.8, 4) is 0 Å². The molecule has 14 heavy (non-hydrogen) atoms. The number of carbonyl (C=O) groups excluding carboxylic acids is 1. The molecule has 2 rings (SSSR count). The fourth-order valence-corrected chi connectivity index (χ4v) is 1.65. The first-order chi connectivity index (χ1) is 6.77. The van der Waals surface area contributed by atoms with Gasteiger partial charge in [-0.25, -0.2) is 0 Å². The van der Waals surface area contributed by atoms with Gasteiger partial charge in [-0.05, 0) is 24.6 Å². The Bertz CT molecular complexity index is 337. The van der Waals surface area contributed by atoms with Gasteiger partial charge in [0.05, 0.1) is 6.26 Å². The van der Waals surface area contributed by atoms with Crippen molar-refractivity contribution in [2.45, 2.75) is 18.9 Å². The molecule has 0 aliphatic heterocycles. The average molecular weight is 192 g/mol. The van der Waals surface area contributed by atoms with Gasteiger partial charge in [-0.15, -0.1) is 0 Å². The lowest BCUT2D eigenvalue weighted by Crippen LogP contribution is -2.15. The third kappa shape index (κ3) is 1.77. The van der Waals surface area contributed by atoms with Crippen LogP contribution in [-0.2, 0) is 4.79 Å². The fourth-order valence-electron chi connectivity index (χ4n) is 1.65. The first kappa shape index (κ1) is 9.21. The Labute approximate surface area is 82.0 Å². The number of furan rings is 1. The van der Waals surface area contributed by atoms with E-state index in [1.807, 2.05) is 0 Å². The maximum atomic E-state index is 10.9. The maximum Gasteiger partial charge on any atom is 0.155 e. The topological polar surface area (TPSA) is 50.4 Å². The molecule has 2 atom stereocenters. The van der Waals surface area contributed by atoms with E-state index in [2.05, 4.69) is 0 Å². The van der Waals surface area contributed by atoms with Crippen molar-refractivity contribution in [3.05, 3.63) is 36.3 Å². The second-order valence-electron chi connectivity index (χ2n) is 3.49. The van der Waals surface area contributed by atoms with Crippen LogP contribution in [0.25, 0.3) is 0 Å². The third-order valence-electron chi connectivity index (χ3n) is 2.49. The standard InChI is InChI=1S/C11H12O3/c12-9-5-3-8(4-6-9)11(13)10-2-1-7-14-10/h1-3,5,7-8,11,13H,4,6H2/t8-,11+/m0/s1. The predicted octanol–water partition coefficient (Wildman–Crippen LogP) is 1.85. The van der Waals surface area contributed by atoms with Gasteiger partial charge in [0.2, 0.25) is 0 Å². The highest BCUT2D eigenvalue weighted by atomic mass is 16.4. The largest absolute Gasteiger partial charge is 0.467 e. The number of allylic oxidation sites excluding steroid dienone is 1. The van der Waals surface area contributed by atoms with Gasteiger partial charge in [-0.3, -0.25) is 4.79 Å². The number of rotatable bonds is 2. The summed E-state index contributed by atoms with van der Waals surface area (Å²) in [7, 11) is 0. The minimum absolute atomic E-state index is 0.00106. The smallest absolute Gasteiger partial charge is 0.155 e. The number of carbonyl (C=O) groups is 1. The van der Waals surface area contributed by atoms with Gasteiger partial charge in [0, 0.05) is 12.3 Å². The van der Waals surface area contributed by atoms with E-state index >= 15 is 0 Å². The zero-order valence-corrected chi connectivity index (χ0v) is 7.72. The number of ketones is 1. The monoisotopic (exact) mass is 192 g/mol. The molecule has 74 valence electrons.